The van der Waals surface area contributed by atoms with Crippen molar-refractivity contribution in [3.05, 3.63) is 93.5 Å². The van der Waals surface area contributed by atoms with E-state index in [1.165, 1.54) is 17.0 Å². The van der Waals surface area contributed by atoms with Gasteiger partial charge in [-0.1, -0.05) is 85.9 Å². The molecule has 3 rings (SSSR count). The molecule has 0 bridgehead atoms. The highest BCUT2D eigenvalue weighted by molar-refractivity contribution is 7.92. The van der Waals surface area contributed by atoms with Crippen molar-refractivity contribution in [2.45, 2.75) is 58.5 Å². The lowest BCUT2D eigenvalue weighted by Gasteiger charge is -2.34. The van der Waals surface area contributed by atoms with Gasteiger partial charge in [-0.15, -0.1) is 0 Å². The minimum Gasteiger partial charge on any atom is -0.354 e. The molecule has 0 heterocycles. The lowest BCUT2D eigenvalue weighted by Crippen LogP contribution is -2.52. The van der Waals surface area contributed by atoms with Crippen LogP contribution in [0.5, 0.6) is 0 Å². The highest BCUT2D eigenvalue weighted by atomic mass is 35.5. The Morgan fingerprint density at radius 1 is 0.927 bits per heavy atom. The van der Waals surface area contributed by atoms with Crippen LogP contribution in [0.1, 0.15) is 43.9 Å². The molecule has 1 N–H and O–H groups in total. The molecule has 41 heavy (non-hydrogen) atoms. The van der Waals surface area contributed by atoms with E-state index in [9.17, 15) is 18.0 Å². The second-order valence-corrected chi connectivity index (χ2v) is 13.1. The lowest BCUT2D eigenvalue weighted by atomic mass is 10.1. The maximum Gasteiger partial charge on any atom is 0.264 e. The first-order valence-electron chi connectivity index (χ1n) is 13.5. The highest BCUT2D eigenvalue weighted by Gasteiger charge is 2.34. The van der Waals surface area contributed by atoms with Crippen LogP contribution in [0.15, 0.2) is 71.6 Å². The van der Waals surface area contributed by atoms with Gasteiger partial charge in [-0.05, 0) is 62.1 Å². The topological polar surface area (TPSA) is 86.8 Å². The van der Waals surface area contributed by atoms with Crippen LogP contribution < -0.4 is 9.62 Å². The van der Waals surface area contributed by atoms with Gasteiger partial charge in [0.2, 0.25) is 11.8 Å². The molecule has 0 aliphatic heterocycles. The van der Waals surface area contributed by atoms with Gasteiger partial charge in [0.05, 0.1) is 10.6 Å². The van der Waals surface area contributed by atoms with E-state index in [1.807, 2.05) is 26.8 Å². The fraction of sp³-hybridized carbons (Fsp3) is 0.355. The van der Waals surface area contributed by atoms with Crippen LogP contribution in [0.3, 0.4) is 0 Å². The van der Waals surface area contributed by atoms with Crippen LogP contribution in [0, 0.1) is 19.8 Å². The Kier molecular flexibility index (Phi) is 11.2. The van der Waals surface area contributed by atoms with Crippen molar-refractivity contribution in [3.63, 3.8) is 0 Å². The molecule has 3 aromatic carbocycles. The molecule has 1 atom stereocenters. The van der Waals surface area contributed by atoms with Crippen molar-refractivity contribution in [1.82, 2.24) is 10.2 Å². The van der Waals surface area contributed by atoms with E-state index < -0.39 is 28.5 Å². The van der Waals surface area contributed by atoms with E-state index in [4.69, 9.17) is 23.2 Å². The number of halogens is 2. The molecular weight excluding hydrogens is 581 g/mol. The molecule has 0 unspecified atom stereocenters. The SMILES string of the molecule is CC[C@@H](C(=O)NCC(C)C)N(Cc1c(Cl)cccc1Cl)C(=O)CN(c1ccc(C)cc1C)S(=O)(=O)c1ccccc1. The zero-order valence-electron chi connectivity index (χ0n) is 24.0. The average molecular weight is 619 g/mol. The Morgan fingerprint density at radius 3 is 2.12 bits per heavy atom. The zero-order valence-corrected chi connectivity index (χ0v) is 26.4. The summed E-state index contributed by atoms with van der Waals surface area (Å²) in [7, 11) is -4.15. The molecule has 7 nitrogen and oxygen atoms in total. The summed E-state index contributed by atoms with van der Waals surface area (Å²) in [6, 6.07) is 17.5. The Balaban J connectivity index is 2.11. The summed E-state index contributed by atoms with van der Waals surface area (Å²) in [5.41, 5.74) is 2.50. The largest absolute Gasteiger partial charge is 0.354 e. The van der Waals surface area contributed by atoms with Gasteiger partial charge in [-0.2, -0.15) is 0 Å². The van der Waals surface area contributed by atoms with E-state index in [1.54, 1.807) is 62.4 Å². The second kappa shape index (κ2) is 14.2. The number of nitrogens with one attached hydrogen (secondary N) is 1. The molecular formula is C31H37Cl2N3O4S. The van der Waals surface area contributed by atoms with Crippen molar-refractivity contribution in [2.75, 3.05) is 17.4 Å². The number of carbonyl (C=O) groups excluding carboxylic acids is 2. The van der Waals surface area contributed by atoms with Crippen molar-refractivity contribution in [3.8, 4) is 0 Å². The van der Waals surface area contributed by atoms with Crippen LogP contribution in [0.4, 0.5) is 5.69 Å². The molecule has 0 aliphatic carbocycles. The van der Waals surface area contributed by atoms with Crippen LogP contribution in [-0.2, 0) is 26.2 Å². The number of hydrogen-bond acceptors (Lipinski definition) is 4. The van der Waals surface area contributed by atoms with Gasteiger partial charge in [0, 0.05) is 28.7 Å². The van der Waals surface area contributed by atoms with E-state index >= 15 is 0 Å². The van der Waals surface area contributed by atoms with E-state index in [0.717, 1.165) is 9.87 Å². The number of hydrogen-bond donors (Lipinski definition) is 1. The summed E-state index contributed by atoms with van der Waals surface area (Å²) in [4.78, 5) is 29.0. The average Bonchev–Trinajstić information content (AvgIpc) is 2.92. The van der Waals surface area contributed by atoms with Crippen LogP contribution in [-0.4, -0.2) is 44.3 Å². The number of nitrogens with zero attached hydrogens (tertiary/aromatic N) is 2. The Hall–Kier alpha value is -3.07. The third kappa shape index (κ3) is 8.03. The van der Waals surface area contributed by atoms with Crippen molar-refractivity contribution in [2.24, 2.45) is 5.92 Å². The van der Waals surface area contributed by atoms with E-state index in [0.29, 0.717) is 39.8 Å². The molecule has 0 spiro atoms. The number of carbonyl (C=O) groups is 2. The standard InChI is InChI=1S/C31H37Cl2N3O4S/c1-6-28(31(38)34-18-21(2)3)35(19-25-26(32)13-10-14-27(25)33)30(37)20-36(29-16-15-22(4)17-23(29)5)41(39,40)24-11-8-7-9-12-24/h7-17,21,28H,6,18-20H2,1-5H3,(H,34,38)/t28-/m0/s1. The minimum absolute atomic E-state index is 0.0511. The molecule has 10 heteroatoms. The number of aryl methyl sites for hydroxylation is 2. The first kappa shape index (κ1) is 32.4. The maximum atomic E-state index is 14.2. The number of sulfonamides is 1. The normalized spacial score (nSPS) is 12.2. The predicted molar refractivity (Wildman–Crippen MR) is 166 cm³/mol. The van der Waals surface area contributed by atoms with Gasteiger partial charge >= 0.3 is 0 Å². The van der Waals surface area contributed by atoms with Crippen molar-refractivity contribution >= 4 is 50.7 Å². The lowest BCUT2D eigenvalue weighted by molar-refractivity contribution is -0.140. The maximum absolute atomic E-state index is 14.2. The zero-order chi connectivity index (χ0) is 30.3. The third-order valence-corrected chi connectivity index (χ3v) is 9.17. The van der Waals surface area contributed by atoms with Crippen molar-refractivity contribution in [1.29, 1.82) is 0 Å². The Bertz CT molecular complexity index is 1460. The molecule has 0 saturated heterocycles. The fourth-order valence-electron chi connectivity index (χ4n) is 4.51. The molecule has 3 aromatic rings. The number of amides is 2. The molecule has 0 radical (unpaired) electrons. The monoisotopic (exact) mass is 617 g/mol. The number of benzene rings is 3. The first-order valence-corrected chi connectivity index (χ1v) is 15.7. The summed E-state index contributed by atoms with van der Waals surface area (Å²) < 4.78 is 29.1. The summed E-state index contributed by atoms with van der Waals surface area (Å²) in [5, 5.41) is 3.60. The van der Waals surface area contributed by atoms with E-state index in [2.05, 4.69) is 5.32 Å². The highest BCUT2D eigenvalue weighted by Crippen LogP contribution is 2.30. The summed E-state index contributed by atoms with van der Waals surface area (Å²) in [6.45, 7) is 9.30. The fourth-order valence-corrected chi connectivity index (χ4v) is 6.53. The van der Waals surface area contributed by atoms with Crippen LogP contribution >= 0.6 is 23.2 Å². The molecule has 220 valence electrons. The van der Waals surface area contributed by atoms with Gasteiger partial charge in [0.25, 0.3) is 10.0 Å². The molecule has 2 amide bonds. The van der Waals surface area contributed by atoms with Gasteiger partial charge in [0.1, 0.15) is 12.6 Å². The molecule has 0 aromatic heterocycles. The quantitative estimate of drug-likeness (QED) is 0.255. The summed E-state index contributed by atoms with van der Waals surface area (Å²) in [6.07, 6.45) is 0.298. The Morgan fingerprint density at radius 2 is 1.56 bits per heavy atom. The molecule has 0 aliphatic rings. The minimum atomic E-state index is -4.15. The van der Waals surface area contributed by atoms with Gasteiger partial charge in [-0.25, -0.2) is 8.42 Å². The summed E-state index contributed by atoms with van der Waals surface area (Å²) in [5.74, 6) is -0.691. The van der Waals surface area contributed by atoms with Crippen LogP contribution in [0.25, 0.3) is 0 Å². The molecule has 0 fully saturated rings. The smallest absolute Gasteiger partial charge is 0.264 e. The van der Waals surface area contributed by atoms with Gasteiger partial charge in [-0.3, -0.25) is 13.9 Å². The number of anilines is 1. The van der Waals surface area contributed by atoms with Gasteiger partial charge < -0.3 is 10.2 Å². The van der Waals surface area contributed by atoms with Crippen molar-refractivity contribution < 1.29 is 18.0 Å². The summed E-state index contributed by atoms with van der Waals surface area (Å²) >= 11 is 12.9. The van der Waals surface area contributed by atoms with E-state index in [-0.39, 0.29) is 23.3 Å². The number of rotatable bonds is 12. The second-order valence-electron chi connectivity index (χ2n) is 10.4. The third-order valence-electron chi connectivity index (χ3n) is 6.69. The predicted octanol–water partition coefficient (Wildman–Crippen LogP) is 6.39. The molecule has 0 saturated carbocycles. The Labute approximate surface area is 253 Å². The first-order chi connectivity index (χ1) is 19.4. The van der Waals surface area contributed by atoms with Crippen LogP contribution in [0.2, 0.25) is 10.0 Å². The van der Waals surface area contributed by atoms with Gasteiger partial charge in [0.15, 0.2) is 0 Å².